The lowest BCUT2D eigenvalue weighted by molar-refractivity contribution is 0.445. The summed E-state index contributed by atoms with van der Waals surface area (Å²) in [4.78, 5) is -0.586. The van der Waals surface area contributed by atoms with E-state index in [1.54, 1.807) is 7.05 Å². The smallest absolute Gasteiger partial charge is 0.246 e. The summed E-state index contributed by atoms with van der Waals surface area (Å²) in [7, 11) is -2.16. The van der Waals surface area contributed by atoms with E-state index >= 15 is 0 Å². The molecule has 1 aromatic carbocycles. The van der Waals surface area contributed by atoms with Crippen molar-refractivity contribution in [2.75, 3.05) is 26.7 Å². The standard InChI is InChI=1S/C12H16F2N2O2S/c1-15-7-9-4-5-16(8-9)19(17,18)12-6-10(13)2-3-11(12)14/h2-3,6,9,15H,4-5,7-8H2,1H3. The van der Waals surface area contributed by atoms with Gasteiger partial charge in [0.2, 0.25) is 10.0 Å². The van der Waals surface area contributed by atoms with Gasteiger partial charge in [-0.25, -0.2) is 17.2 Å². The van der Waals surface area contributed by atoms with E-state index in [-0.39, 0.29) is 5.92 Å². The van der Waals surface area contributed by atoms with Crippen molar-refractivity contribution < 1.29 is 17.2 Å². The van der Waals surface area contributed by atoms with Crippen LogP contribution in [0.15, 0.2) is 23.1 Å². The Morgan fingerprint density at radius 3 is 2.84 bits per heavy atom. The van der Waals surface area contributed by atoms with Crippen LogP contribution in [0.1, 0.15) is 6.42 Å². The van der Waals surface area contributed by atoms with Crippen molar-refractivity contribution in [2.24, 2.45) is 5.92 Å². The van der Waals surface area contributed by atoms with Gasteiger partial charge in [-0.3, -0.25) is 0 Å². The fourth-order valence-electron chi connectivity index (χ4n) is 2.28. The Morgan fingerprint density at radius 1 is 1.42 bits per heavy atom. The Kier molecular flexibility index (Phi) is 4.17. The Labute approximate surface area is 111 Å². The third-order valence-corrected chi connectivity index (χ3v) is 5.13. The van der Waals surface area contributed by atoms with Crippen molar-refractivity contribution in [1.82, 2.24) is 9.62 Å². The maximum atomic E-state index is 13.6. The molecule has 1 aliphatic heterocycles. The first-order chi connectivity index (χ1) is 8.95. The molecule has 4 nitrogen and oxygen atoms in total. The summed E-state index contributed by atoms with van der Waals surface area (Å²) in [5, 5.41) is 2.99. The van der Waals surface area contributed by atoms with Gasteiger partial charge in [-0.15, -0.1) is 0 Å². The minimum atomic E-state index is -3.95. The molecule has 19 heavy (non-hydrogen) atoms. The fourth-order valence-corrected chi connectivity index (χ4v) is 3.89. The first-order valence-electron chi connectivity index (χ1n) is 6.05. The Balaban J connectivity index is 2.26. The molecule has 1 unspecified atom stereocenters. The van der Waals surface area contributed by atoms with Crippen LogP contribution in [0, 0.1) is 17.6 Å². The third-order valence-electron chi connectivity index (χ3n) is 3.25. The van der Waals surface area contributed by atoms with E-state index < -0.39 is 26.6 Å². The van der Waals surface area contributed by atoms with Gasteiger partial charge in [0.25, 0.3) is 0 Å². The molecule has 0 saturated carbocycles. The minimum Gasteiger partial charge on any atom is -0.319 e. The number of benzene rings is 1. The fraction of sp³-hybridized carbons (Fsp3) is 0.500. The zero-order chi connectivity index (χ0) is 14.0. The molecule has 7 heteroatoms. The molecule has 1 fully saturated rings. The first kappa shape index (κ1) is 14.4. The Bertz CT molecular complexity index is 563. The van der Waals surface area contributed by atoms with Crippen LogP contribution in [-0.4, -0.2) is 39.4 Å². The average molecular weight is 290 g/mol. The maximum Gasteiger partial charge on any atom is 0.246 e. The van der Waals surface area contributed by atoms with E-state index in [0.717, 1.165) is 24.6 Å². The summed E-state index contributed by atoms with van der Waals surface area (Å²) in [5.41, 5.74) is 0. The van der Waals surface area contributed by atoms with Crippen molar-refractivity contribution in [2.45, 2.75) is 11.3 Å². The molecule has 1 heterocycles. The van der Waals surface area contributed by atoms with Crippen molar-refractivity contribution in [3.63, 3.8) is 0 Å². The van der Waals surface area contributed by atoms with Crippen molar-refractivity contribution in [1.29, 1.82) is 0 Å². The summed E-state index contributed by atoms with van der Waals surface area (Å²) < 4.78 is 52.4. The predicted molar refractivity (Wildman–Crippen MR) is 67.2 cm³/mol. The summed E-state index contributed by atoms with van der Waals surface area (Å²) in [6.07, 6.45) is 0.719. The van der Waals surface area contributed by atoms with Crippen molar-refractivity contribution >= 4 is 10.0 Å². The number of sulfonamides is 1. The van der Waals surface area contributed by atoms with Crippen LogP contribution >= 0.6 is 0 Å². The largest absolute Gasteiger partial charge is 0.319 e. The molecule has 2 rings (SSSR count). The van der Waals surface area contributed by atoms with Crippen LogP contribution in [0.25, 0.3) is 0 Å². The van der Waals surface area contributed by atoms with E-state index in [1.807, 2.05) is 0 Å². The normalized spacial score (nSPS) is 20.9. The highest BCUT2D eigenvalue weighted by atomic mass is 32.2. The lowest BCUT2D eigenvalue weighted by Gasteiger charge is -2.17. The third kappa shape index (κ3) is 2.93. The quantitative estimate of drug-likeness (QED) is 0.906. The summed E-state index contributed by atoms with van der Waals surface area (Å²) >= 11 is 0. The Hall–Kier alpha value is -1.05. The van der Waals surface area contributed by atoms with Crippen LogP contribution in [0.4, 0.5) is 8.78 Å². The number of nitrogens with zero attached hydrogens (tertiary/aromatic N) is 1. The zero-order valence-corrected chi connectivity index (χ0v) is 11.4. The van der Waals surface area contributed by atoms with Crippen LogP contribution in [0.2, 0.25) is 0 Å². The molecule has 1 saturated heterocycles. The van der Waals surface area contributed by atoms with Gasteiger partial charge in [-0.1, -0.05) is 0 Å². The van der Waals surface area contributed by atoms with Gasteiger partial charge in [-0.05, 0) is 44.1 Å². The van der Waals surface area contributed by atoms with E-state index in [4.69, 9.17) is 0 Å². The van der Waals surface area contributed by atoms with Crippen LogP contribution in [0.3, 0.4) is 0 Å². The van der Waals surface area contributed by atoms with Gasteiger partial charge in [0.1, 0.15) is 16.5 Å². The molecule has 106 valence electrons. The second-order valence-electron chi connectivity index (χ2n) is 4.65. The van der Waals surface area contributed by atoms with E-state index in [1.165, 1.54) is 4.31 Å². The van der Waals surface area contributed by atoms with Gasteiger partial charge in [-0.2, -0.15) is 4.31 Å². The topological polar surface area (TPSA) is 49.4 Å². The predicted octanol–water partition coefficient (Wildman–Crippen LogP) is 1.19. The molecule has 0 bridgehead atoms. The number of halogens is 2. The second kappa shape index (κ2) is 5.52. The van der Waals surface area contributed by atoms with Crippen LogP contribution < -0.4 is 5.32 Å². The molecular weight excluding hydrogens is 274 g/mol. The molecular formula is C12H16F2N2O2S. The lowest BCUT2D eigenvalue weighted by atomic mass is 10.1. The average Bonchev–Trinajstić information content (AvgIpc) is 2.82. The number of rotatable bonds is 4. The van der Waals surface area contributed by atoms with Gasteiger partial charge in [0, 0.05) is 13.1 Å². The van der Waals surface area contributed by atoms with Gasteiger partial charge in [0.15, 0.2) is 0 Å². The minimum absolute atomic E-state index is 0.205. The second-order valence-corrected chi connectivity index (χ2v) is 6.56. The zero-order valence-electron chi connectivity index (χ0n) is 10.6. The number of hydrogen-bond donors (Lipinski definition) is 1. The lowest BCUT2D eigenvalue weighted by Crippen LogP contribution is -2.31. The van der Waals surface area contributed by atoms with Crippen LogP contribution in [0.5, 0.6) is 0 Å². The highest BCUT2D eigenvalue weighted by Gasteiger charge is 2.34. The molecule has 1 atom stereocenters. The molecule has 0 radical (unpaired) electrons. The van der Waals surface area contributed by atoms with Crippen molar-refractivity contribution in [3.8, 4) is 0 Å². The molecule has 1 N–H and O–H groups in total. The number of hydrogen-bond acceptors (Lipinski definition) is 3. The highest BCUT2D eigenvalue weighted by molar-refractivity contribution is 7.89. The maximum absolute atomic E-state index is 13.6. The molecule has 0 aromatic heterocycles. The molecule has 1 aromatic rings. The summed E-state index contributed by atoms with van der Waals surface area (Å²) in [6.45, 7) is 1.38. The Morgan fingerprint density at radius 2 is 2.16 bits per heavy atom. The molecule has 0 amide bonds. The monoisotopic (exact) mass is 290 g/mol. The number of nitrogens with one attached hydrogen (secondary N) is 1. The summed E-state index contributed by atoms with van der Waals surface area (Å²) in [6, 6.07) is 2.47. The molecule has 0 spiro atoms. The van der Waals surface area contributed by atoms with E-state index in [2.05, 4.69) is 5.32 Å². The van der Waals surface area contributed by atoms with Gasteiger partial charge >= 0.3 is 0 Å². The summed E-state index contributed by atoms with van der Waals surface area (Å²) in [5.74, 6) is -1.47. The van der Waals surface area contributed by atoms with E-state index in [0.29, 0.717) is 19.6 Å². The van der Waals surface area contributed by atoms with Gasteiger partial charge in [0.05, 0.1) is 0 Å². The SMILES string of the molecule is CNCC1CCN(S(=O)(=O)c2cc(F)ccc2F)C1. The van der Waals surface area contributed by atoms with Gasteiger partial charge < -0.3 is 5.32 Å². The van der Waals surface area contributed by atoms with Crippen molar-refractivity contribution in [3.05, 3.63) is 29.8 Å². The molecule has 0 aliphatic carbocycles. The van der Waals surface area contributed by atoms with E-state index in [9.17, 15) is 17.2 Å². The van der Waals surface area contributed by atoms with Crippen LogP contribution in [-0.2, 0) is 10.0 Å². The molecule has 1 aliphatic rings. The highest BCUT2D eigenvalue weighted by Crippen LogP contribution is 2.26. The first-order valence-corrected chi connectivity index (χ1v) is 7.49.